The number of alkyl halides is 2. The Balaban J connectivity index is 2.26. The third-order valence-electron chi connectivity index (χ3n) is 3.55. The van der Waals surface area contributed by atoms with Crippen molar-refractivity contribution in [3.63, 3.8) is 0 Å². The van der Waals surface area contributed by atoms with Crippen molar-refractivity contribution in [2.24, 2.45) is 0 Å². The summed E-state index contributed by atoms with van der Waals surface area (Å²) < 4.78 is 26.3. The number of anilines is 1. The van der Waals surface area contributed by atoms with Gasteiger partial charge in [0.05, 0.1) is 15.5 Å². The Morgan fingerprint density at radius 2 is 1.73 bits per heavy atom. The monoisotopic (exact) mass is 369 g/mol. The summed E-state index contributed by atoms with van der Waals surface area (Å²) in [4.78, 5) is 32.5. The van der Waals surface area contributed by atoms with Crippen molar-refractivity contribution in [2.75, 3.05) is 5.32 Å². The van der Waals surface area contributed by atoms with Crippen molar-refractivity contribution in [1.82, 2.24) is 9.78 Å². The molecule has 0 spiro atoms. The molecule has 0 aliphatic rings. The lowest BCUT2D eigenvalue weighted by molar-refractivity contribution is -0.395. The Hall–Kier alpha value is -3.44. The van der Waals surface area contributed by atoms with Gasteiger partial charge in [-0.3, -0.25) is 29.7 Å². The lowest BCUT2D eigenvalue weighted by Gasteiger charge is -2.08. The second-order valence-electron chi connectivity index (χ2n) is 5.37. The first-order chi connectivity index (χ1) is 12.1. The number of nitrogens with zero attached hydrogens (tertiary/aromatic N) is 4. The van der Waals surface area contributed by atoms with Crippen LogP contribution in [0.5, 0.6) is 0 Å². The van der Waals surface area contributed by atoms with E-state index in [4.69, 9.17) is 0 Å². The van der Waals surface area contributed by atoms with Crippen molar-refractivity contribution in [2.45, 2.75) is 26.8 Å². The summed E-state index contributed by atoms with van der Waals surface area (Å²) in [5, 5.41) is 27.9. The Labute approximate surface area is 144 Å². The molecule has 0 unspecified atom stereocenters. The molecule has 1 aromatic heterocycles. The normalized spacial score (nSPS) is 10.8. The lowest BCUT2D eigenvalue weighted by atomic mass is 10.1. The zero-order valence-electron chi connectivity index (χ0n) is 13.6. The first-order valence-corrected chi connectivity index (χ1v) is 7.16. The second-order valence-corrected chi connectivity index (χ2v) is 5.37. The van der Waals surface area contributed by atoms with Crippen LogP contribution in [-0.4, -0.2) is 25.5 Å². The minimum Gasteiger partial charge on any atom is -0.324 e. The summed E-state index contributed by atoms with van der Waals surface area (Å²) in [6, 6.07) is 3.10. The zero-order chi connectivity index (χ0) is 19.6. The summed E-state index contributed by atoms with van der Waals surface area (Å²) in [5.74, 6) is -0.732. The minimum atomic E-state index is -2.79. The molecule has 0 radical (unpaired) electrons. The number of nitrogens with one attached hydrogen (secondary N) is 1. The van der Waals surface area contributed by atoms with Crippen LogP contribution in [0, 0.1) is 34.1 Å². The van der Waals surface area contributed by atoms with Gasteiger partial charge in [-0.25, -0.2) is 8.78 Å². The molecular formula is C14H13F2N5O5. The highest BCUT2D eigenvalue weighted by Gasteiger charge is 2.24. The summed E-state index contributed by atoms with van der Waals surface area (Å²) in [7, 11) is 0. The molecule has 2 rings (SSSR count). The van der Waals surface area contributed by atoms with Gasteiger partial charge >= 0.3 is 0 Å². The SMILES string of the molecule is Cc1c([N+](=O)[O-])cc(NC(=O)Cn2nc(C(F)F)cc2C)cc1[N+](=O)[O-]. The van der Waals surface area contributed by atoms with E-state index in [0.717, 1.165) is 22.9 Å². The molecule has 1 heterocycles. The van der Waals surface area contributed by atoms with Crippen LogP contribution in [0.4, 0.5) is 25.8 Å². The number of nitro groups is 2. The van der Waals surface area contributed by atoms with Crippen molar-refractivity contribution in [3.05, 3.63) is 55.4 Å². The molecule has 0 fully saturated rings. The van der Waals surface area contributed by atoms with E-state index in [-0.39, 0.29) is 11.3 Å². The summed E-state index contributed by atoms with van der Waals surface area (Å²) >= 11 is 0. The molecule has 0 saturated carbocycles. The number of carbonyl (C=O) groups excluding carboxylic acids is 1. The predicted molar refractivity (Wildman–Crippen MR) is 85.0 cm³/mol. The fraction of sp³-hybridized carbons (Fsp3) is 0.286. The summed E-state index contributed by atoms with van der Waals surface area (Å²) in [6.45, 7) is 2.27. The third kappa shape index (κ3) is 3.96. The van der Waals surface area contributed by atoms with Gasteiger partial charge in [0.15, 0.2) is 0 Å². The topological polar surface area (TPSA) is 133 Å². The Morgan fingerprint density at radius 1 is 1.19 bits per heavy atom. The summed E-state index contributed by atoms with van der Waals surface area (Å²) in [5.41, 5.74) is -1.52. The van der Waals surface area contributed by atoms with Crippen molar-refractivity contribution in [1.29, 1.82) is 0 Å². The van der Waals surface area contributed by atoms with Gasteiger partial charge in [-0.15, -0.1) is 0 Å². The molecule has 1 aromatic carbocycles. The molecule has 0 bridgehead atoms. The Kier molecular flexibility index (Phi) is 5.24. The largest absolute Gasteiger partial charge is 0.324 e. The molecule has 1 N–H and O–H groups in total. The van der Waals surface area contributed by atoms with Crippen LogP contribution in [-0.2, 0) is 11.3 Å². The van der Waals surface area contributed by atoms with Gasteiger partial charge in [0.25, 0.3) is 17.8 Å². The zero-order valence-corrected chi connectivity index (χ0v) is 13.6. The molecule has 0 aliphatic carbocycles. The van der Waals surface area contributed by atoms with E-state index in [9.17, 15) is 33.8 Å². The summed E-state index contributed by atoms with van der Waals surface area (Å²) in [6.07, 6.45) is -2.79. The molecule has 1 amide bonds. The van der Waals surface area contributed by atoms with Gasteiger partial charge < -0.3 is 5.32 Å². The maximum Gasteiger partial charge on any atom is 0.282 e. The second kappa shape index (κ2) is 7.21. The van der Waals surface area contributed by atoms with Gasteiger partial charge in [-0.05, 0) is 19.9 Å². The molecule has 0 saturated heterocycles. The van der Waals surface area contributed by atoms with Crippen LogP contribution in [0.15, 0.2) is 18.2 Å². The van der Waals surface area contributed by atoms with Crippen molar-refractivity contribution >= 4 is 23.0 Å². The van der Waals surface area contributed by atoms with E-state index in [2.05, 4.69) is 10.4 Å². The number of aryl methyl sites for hydroxylation is 1. The number of amides is 1. The van der Waals surface area contributed by atoms with Gasteiger partial charge in [-0.2, -0.15) is 5.10 Å². The van der Waals surface area contributed by atoms with E-state index in [1.807, 2.05) is 0 Å². The van der Waals surface area contributed by atoms with Gasteiger partial charge in [0.1, 0.15) is 17.8 Å². The van der Waals surface area contributed by atoms with Crippen LogP contribution in [0.1, 0.15) is 23.4 Å². The van der Waals surface area contributed by atoms with Crippen LogP contribution >= 0.6 is 0 Å². The number of carbonyl (C=O) groups is 1. The number of hydrogen-bond acceptors (Lipinski definition) is 6. The average molecular weight is 369 g/mol. The molecule has 0 atom stereocenters. The number of aromatic nitrogens is 2. The number of hydrogen-bond donors (Lipinski definition) is 1. The fourth-order valence-corrected chi connectivity index (χ4v) is 2.27. The quantitative estimate of drug-likeness (QED) is 0.615. The standard InChI is InChI=1S/C14H13F2N5O5/c1-7-3-10(14(15)16)18-19(7)6-13(22)17-9-4-11(20(23)24)8(2)12(5-9)21(25)26/h3-5,14H,6H2,1-2H3,(H,17,22). The molecule has 26 heavy (non-hydrogen) atoms. The molecular weight excluding hydrogens is 356 g/mol. The van der Waals surface area contributed by atoms with Gasteiger partial charge in [0, 0.05) is 17.8 Å². The van der Waals surface area contributed by atoms with E-state index >= 15 is 0 Å². The number of nitro benzene ring substituents is 2. The Morgan fingerprint density at radius 3 is 2.15 bits per heavy atom. The first-order valence-electron chi connectivity index (χ1n) is 7.16. The highest BCUT2D eigenvalue weighted by Crippen LogP contribution is 2.31. The van der Waals surface area contributed by atoms with Crippen LogP contribution in [0.25, 0.3) is 0 Å². The van der Waals surface area contributed by atoms with Crippen LogP contribution < -0.4 is 5.32 Å². The van der Waals surface area contributed by atoms with Crippen molar-refractivity contribution < 1.29 is 23.4 Å². The number of rotatable bonds is 6. The maximum atomic E-state index is 12.6. The van der Waals surface area contributed by atoms with E-state index in [1.165, 1.54) is 13.8 Å². The smallest absolute Gasteiger partial charge is 0.282 e. The predicted octanol–water partition coefficient (Wildman–Crippen LogP) is 2.89. The van der Waals surface area contributed by atoms with Crippen LogP contribution in [0.2, 0.25) is 0 Å². The van der Waals surface area contributed by atoms with Crippen LogP contribution in [0.3, 0.4) is 0 Å². The minimum absolute atomic E-state index is 0.150. The molecule has 0 aliphatic heterocycles. The first kappa shape index (κ1) is 18.9. The fourth-order valence-electron chi connectivity index (χ4n) is 2.27. The van der Waals surface area contributed by atoms with E-state index < -0.39 is 45.8 Å². The highest BCUT2D eigenvalue weighted by atomic mass is 19.3. The van der Waals surface area contributed by atoms with E-state index in [0.29, 0.717) is 5.69 Å². The maximum absolute atomic E-state index is 12.6. The molecule has 12 heteroatoms. The lowest BCUT2D eigenvalue weighted by Crippen LogP contribution is -2.20. The number of halogens is 2. The van der Waals surface area contributed by atoms with E-state index in [1.54, 1.807) is 0 Å². The molecule has 10 nitrogen and oxygen atoms in total. The number of benzene rings is 1. The molecule has 138 valence electrons. The Bertz CT molecular complexity index is 861. The van der Waals surface area contributed by atoms with Gasteiger partial charge in [0.2, 0.25) is 5.91 Å². The van der Waals surface area contributed by atoms with Crippen molar-refractivity contribution in [3.8, 4) is 0 Å². The molecule has 2 aromatic rings. The average Bonchev–Trinajstić information content (AvgIpc) is 2.89. The third-order valence-corrected chi connectivity index (χ3v) is 3.55. The highest BCUT2D eigenvalue weighted by molar-refractivity contribution is 5.91. The van der Waals surface area contributed by atoms with Gasteiger partial charge in [-0.1, -0.05) is 0 Å².